The van der Waals surface area contributed by atoms with E-state index in [4.69, 9.17) is 10.2 Å². The van der Waals surface area contributed by atoms with Gasteiger partial charge in [0.2, 0.25) is 0 Å². The van der Waals surface area contributed by atoms with Gasteiger partial charge < -0.3 is 10.2 Å². The van der Waals surface area contributed by atoms with E-state index >= 15 is 0 Å². The Morgan fingerprint density at radius 2 is 0.714 bits per heavy atom. The molecule has 0 aromatic carbocycles. The van der Waals surface area contributed by atoms with Crippen LogP contribution < -0.4 is 0 Å². The highest BCUT2D eigenvalue weighted by Gasteiger charge is 1.32. The zero-order valence-electron chi connectivity index (χ0n) is 1.60. The van der Waals surface area contributed by atoms with Crippen LogP contribution in [0.1, 0.15) is 29.7 Å². The zero-order valence-corrected chi connectivity index (χ0v) is 1.60. The molecular weight excluding hydrogens is 92.1 g/mol. The van der Waals surface area contributed by atoms with E-state index in [0.717, 1.165) is 0 Å². The van der Waals surface area contributed by atoms with Crippen LogP contribution in [0.3, 0.4) is 0 Å². The molecule has 0 bridgehead atoms. The van der Waals surface area contributed by atoms with Crippen LogP contribution in [0.25, 0.3) is 0 Å². The second-order valence-electron chi connectivity index (χ2n) is 0.141. The van der Waals surface area contributed by atoms with Crippen molar-refractivity contribution in [2.75, 3.05) is 6.79 Å². The standard InChI is InChI=1S/CH4O2.4CH4/c2-1-3;;;;/h2-3H,1H2;4*1H4. The molecule has 52 valence electrons. The van der Waals surface area contributed by atoms with Crippen LogP contribution >= 0.6 is 0 Å². The summed E-state index contributed by atoms with van der Waals surface area (Å²) < 4.78 is 0. The SMILES string of the molecule is C.C.C.C.OCO. The van der Waals surface area contributed by atoms with Crippen molar-refractivity contribution in [1.29, 1.82) is 0 Å². The molecule has 0 saturated carbocycles. The maximum absolute atomic E-state index is 7.12. The zero-order chi connectivity index (χ0) is 2.71. The number of hydrogen-bond acceptors (Lipinski definition) is 2. The molecule has 2 heteroatoms. The van der Waals surface area contributed by atoms with Crippen molar-refractivity contribution in [2.24, 2.45) is 0 Å². The van der Waals surface area contributed by atoms with Crippen LogP contribution in [0.15, 0.2) is 0 Å². The van der Waals surface area contributed by atoms with E-state index in [9.17, 15) is 0 Å². The van der Waals surface area contributed by atoms with Gasteiger partial charge in [0, 0.05) is 0 Å². The Morgan fingerprint density at radius 3 is 0.714 bits per heavy atom. The van der Waals surface area contributed by atoms with Crippen LogP contribution in [0.5, 0.6) is 0 Å². The molecule has 0 aliphatic rings. The van der Waals surface area contributed by atoms with Crippen molar-refractivity contribution in [1.82, 2.24) is 0 Å². The minimum Gasteiger partial charge on any atom is -0.371 e. The molecule has 0 atom stereocenters. The van der Waals surface area contributed by atoms with Gasteiger partial charge in [-0.05, 0) is 0 Å². The van der Waals surface area contributed by atoms with Gasteiger partial charge in [-0.1, -0.05) is 29.7 Å². The van der Waals surface area contributed by atoms with Crippen molar-refractivity contribution >= 4 is 0 Å². The molecule has 0 aliphatic heterocycles. The number of hydrogen-bond donors (Lipinski definition) is 2. The second-order valence-corrected chi connectivity index (χ2v) is 0.141. The Bertz CT molecular complexity index is 6.04. The van der Waals surface area contributed by atoms with Gasteiger partial charge >= 0.3 is 0 Å². The van der Waals surface area contributed by atoms with Gasteiger partial charge in [0.1, 0.15) is 6.79 Å². The fourth-order valence-corrected chi connectivity index (χ4v) is 0. The van der Waals surface area contributed by atoms with E-state index < -0.39 is 6.79 Å². The van der Waals surface area contributed by atoms with Crippen LogP contribution in [0, 0.1) is 0 Å². The first-order valence-electron chi connectivity index (χ1n) is 0.632. The van der Waals surface area contributed by atoms with Gasteiger partial charge in [-0.15, -0.1) is 0 Å². The highest BCUT2D eigenvalue weighted by atomic mass is 16.5. The third kappa shape index (κ3) is 14200. The lowest BCUT2D eigenvalue weighted by atomic mass is 11.6. The number of aliphatic hydroxyl groups excluding tert-OH is 1. The first kappa shape index (κ1) is 65.8. The maximum atomic E-state index is 7.12. The van der Waals surface area contributed by atoms with Gasteiger partial charge in [0.05, 0.1) is 0 Å². The summed E-state index contributed by atoms with van der Waals surface area (Å²) in [5, 5.41) is 14.2. The van der Waals surface area contributed by atoms with E-state index in [1.165, 1.54) is 0 Å². The maximum Gasteiger partial charge on any atom is 0.140 e. The summed E-state index contributed by atoms with van der Waals surface area (Å²) in [6.07, 6.45) is 0. The lowest BCUT2D eigenvalue weighted by molar-refractivity contribution is 0.0773. The Balaban J connectivity index is -0.00000000333. The second kappa shape index (κ2) is 169. The average Bonchev–Trinajstić information content (AvgIpc) is 0.918. The Labute approximate surface area is 47.8 Å². The van der Waals surface area contributed by atoms with E-state index in [1.54, 1.807) is 0 Å². The molecule has 0 aliphatic carbocycles. The minimum absolute atomic E-state index is 0. The quantitative estimate of drug-likeness (QED) is 0.466. The first-order valence-corrected chi connectivity index (χ1v) is 0.632. The molecule has 0 aromatic rings. The van der Waals surface area contributed by atoms with E-state index in [0.29, 0.717) is 0 Å². The predicted octanol–water partition coefficient (Wildman–Crippen LogP) is 1.47. The van der Waals surface area contributed by atoms with Crippen molar-refractivity contribution < 1.29 is 10.2 Å². The van der Waals surface area contributed by atoms with Crippen LogP contribution in [0.4, 0.5) is 0 Å². The van der Waals surface area contributed by atoms with Crippen LogP contribution in [0.2, 0.25) is 0 Å². The fraction of sp³-hybridized carbons (Fsp3) is 1.00. The topological polar surface area (TPSA) is 40.5 Å². The molecule has 2 nitrogen and oxygen atoms in total. The number of aliphatic hydroxyl groups is 2. The van der Waals surface area contributed by atoms with Crippen molar-refractivity contribution in [3.63, 3.8) is 0 Å². The highest BCUT2D eigenvalue weighted by Crippen LogP contribution is 1.17. The molecule has 0 saturated heterocycles. The van der Waals surface area contributed by atoms with Gasteiger partial charge in [0.25, 0.3) is 0 Å². The molecule has 0 fully saturated rings. The molecule has 0 unspecified atom stereocenters. The monoisotopic (exact) mass is 112 g/mol. The molecule has 0 aromatic heterocycles. The van der Waals surface area contributed by atoms with Crippen LogP contribution in [-0.4, -0.2) is 17.0 Å². The minimum atomic E-state index is -0.750. The lowest BCUT2D eigenvalue weighted by Crippen LogP contribution is -1.66. The van der Waals surface area contributed by atoms with Crippen molar-refractivity contribution in [3.8, 4) is 0 Å². The smallest absolute Gasteiger partial charge is 0.140 e. The first-order chi connectivity index (χ1) is 1.41. The Morgan fingerprint density at radius 1 is 0.714 bits per heavy atom. The molecule has 2 N–H and O–H groups in total. The highest BCUT2D eigenvalue weighted by molar-refractivity contribution is 3.50. The summed E-state index contributed by atoms with van der Waals surface area (Å²) in [5.74, 6) is 0. The largest absolute Gasteiger partial charge is 0.371 e. The van der Waals surface area contributed by atoms with Gasteiger partial charge in [-0.25, -0.2) is 0 Å². The van der Waals surface area contributed by atoms with Gasteiger partial charge in [0.15, 0.2) is 0 Å². The molecule has 0 rings (SSSR count). The fourth-order valence-electron chi connectivity index (χ4n) is 0. The molecule has 0 amide bonds. The van der Waals surface area contributed by atoms with Crippen molar-refractivity contribution in [3.05, 3.63) is 0 Å². The molecule has 0 spiro atoms. The van der Waals surface area contributed by atoms with Gasteiger partial charge in [-0.2, -0.15) is 0 Å². The molecule has 0 radical (unpaired) electrons. The summed E-state index contributed by atoms with van der Waals surface area (Å²) in [5.41, 5.74) is 0. The molecule has 0 heterocycles. The predicted molar refractivity (Wildman–Crippen MR) is 36.2 cm³/mol. The molecule has 7 heavy (non-hydrogen) atoms. The Kier molecular flexibility index (Phi) is 1590. The number of rotatable bonds is 0. The summed E-state index contributed by atoms with van der Waals surface area (Å²) in [4.78, 5) is 0. The van der Waals surface area contributed by atoms with Gasteiger partial charge in [-0.3, -0.25) is 0 Å². The summed E-state index contributed by atoms with van der Waals surface area (Å²) >= 11 is 0. The van der Waals surface area contributed by atoms with E-state index in [-0.39, 0.29) is 29.7 Å². The van der Waals surface area contributed by atoms with E-state index in [2.05, 4.69) is 0 Å². The van der Waals surface area contributed by atoms with Crippen LogP contribution in [-0.2, 0) is 0 Å². The summed E-state index contributed by atoms with van der Waals surface area (Å²) in [7, 11) is 0. The normalized spacial score (nSPS) is 2.57. The third-order valence-electron chi connectivity index (χ3n) is 0. The van der Waals surface area contributed by atoms with Crippen molar-refractivity contribution in [2.45, 2.75) is 29.7 Å². The Hall–Kier alpha value is -0.0800. The summed E-state index contributed by atoms with van der Waals surface area (Å²) in [6, 6.07) is 0. The summed E-state index contributed by atoms with van der Waals surface area (Å²) in [6.45, 7) is -0.750. The average molecular weight is 112 g/mol. The third-order valence-corrected chi connectivity index (χ3v) is 0. The molecular formula is C5H20O2. The lowest BCUT2D eigenvalue weighted by Gasteiger charge is -1.55. The van der Waals surface area contributed by atoms with E-state index in [1.807, 2.05) is 0 Å².